The first-order chi connectivity index (χ1) is 14.5. The molecule has 1 aromatic heterocycles. The lowest BCUT2D eigenvalue weighted by molar-refractivity contribution is -0.140. The molecule has 0 bridgehead atoms. The average molecular weight is 433 g/mol. The van der Waals surface area contributed by atoms with Gasteiger partial charge in [-0.15, -0.1) is 0 Å². The van der Waals surface area contributed by atoms with Crippen molar-refractivity contribution in [2.24, 2.45) is 0 Å². The standard InChI is InChI=1S/C20H24N4O5S/c1-22-6-8-23(9-7-22)20-21-15-5-4-13(10-16(15)30-20)24-12-29-11-14(18(25)27-2)17(24)19(26)28-3/h4-5,10H,6-9,11-12H2,1-3H3. The summed E-state index contributed by atoms with van der Waals surface area (Å²) in [6.45, 7) is 4.03. The number of hydrogen-bond acceptors (Lipinski definition) is 10. The highest BCUT2D eigenvalue weighted by Crippen LogP contribution is 2.34. The first-order valence-electron chi connectivity index (χ1n) is 9.61. The lowest BCUT2D eigenvalue weighted by Crippen LogP contribution is -2.44. The molecule has 0 aliphatic carbocycles. The molecule has 0 amide bonds. The first-order valence-corrected chi connectivity index (χ1v) is 10.4. The second kappa shape index (κ2) is 8.58. The third-order valence-electron chi connectivity index (χ3n) is 5.28. The summed E-state index contributed by atoms with van der Waals surface area (Å²) in [4.78, 5) is 35.7. The Hall–Kier alpha value is -2.69. The molecule has 30 heavy (non-hydrogen) atoms. The highest BCUT2D eigenvalue weighted by Gasteiger charge is 2.32. The molecule has 10 heteroatoms. The van der Waals surface area contributed by atoms with E-state index < -0.39 is 11.9 Å². The van der Waals surface area contributed by atoms with Crippen LogP contribution in [0.15, 0.2) is 29.5 Å². The van der Waals surface area contributed by atoms with E-state index in [0.717, 1.165) is 47.2 Å². The molecule has 160 valence electrons. The van der Waals surface area contributed by atoms with E-state index in [9.17, 15) is 9.59 Å². The molecule has 1 fully saturated rings. The molecule has 1 aromatic carbocycles. The Bertz CT molecular complexity index is 996. The van der Waals surface area contributed by atoms with Gasteiger partial charge in [0, 0.05) is 31.9 Å². The summed E-state index contributed by atoms with van der Waals surface area (Å²) in [6.07, 6.45) is 0. The summed E-state index contributed by atoms with van der Waals surface area (Å²) in [7, 11) is 4.68. The van der Waals surface area contributed by atoms with E-state index in [1.54, 1.807) is 16.2 Å². The smallest absolute Gasteiger partial charge is 0.355 e. The number of esters is 2. The Morgan fingerprint density at radius 1 is 1.10 bits per heavy atom. The minimum Gasteiger partial charge on any atom is -0.466 e. The maximum absolute atomic E-state index is 12.5. The minimum atomic E-state index is -0.615. The number of carbonyl (C=O) groups is 2. The van der Waals surface area contributed by atoms with Gasteiger partial charge in [0.1, 0.15) is 12.4 Å². The Balaban J connectivity index is 1.69. The number of fused-ring (bicyclic) bond motifs is 1. The van der Waals surface area contributed by atoms with E-state index >= 15 is 0 Å². The van der Waals surface area contributed by atoms with Gasteiger partial charge in [0.15, 0.2) is 5.13 Å². The summed E-state index contributed by atoms with van der Waals surface area (Å²) in [6, 6.07) is 5.74. The fraction of sp³-hybridized carbons (Fsp3) is 0.450. The van der Waals surface area contributed by atoms with Crippen LogP contribution < -0.4 is 9.80 Å². The number of thiazole rings is 1. The number of likely N-dealkylation sites (N-methyl/N-ethyl adjacent to an activating group) is 1. The number of aromatic nitrogens is 1. The number of nitrogens with zero attached hydrogens (tertiary/aromatic N) is 4. The number of ether oxygens (including phenoxy) is 3. The van der Waals surface area contributed by atoms with Gasteiger partial charge in [0.05, 0.1) is 36.6 Å². The van der Waals surface area contributed by atoms with Crippen molar-refractivity contribution in [3.05, 3.63) is 29.5 Å². The molecule has 2 aliphatic heterocycles. The van der Waals surface area contributed by atoms with Crippen LogP contribution in [0.5, 0.6) is 0 Å². The topological polar surface area (TPSA) is 84.4 Å². The second-order valence-electron chi connectivity index (χ2n) is 7.15. The van der Waals surface area contributed by atoms with Crippen molar-refractivity contribution < 1.29 is 23.8 Å². The maximum atomic E-state index is 12.5. The van der Waals surface area contributed by atoms with Crippen molar-refractivity contribution in [1.29, 1.82) is 0 Å². The predicted octanol–water partition coefficient (Wildman–Crippen LogP) is 1.44. The molecule has 0 radical (unpaired) electrons. The maximum Gasteiger partial charge on any atom is 0.355 e. The molecule has 2 aliphatic rings. The van der Waals surface area contributed by atoms with Crippen LogP contribution in [0.25, 0.3) is 10.2 Å². The van der Waals surface area contributed by atoms with E-state index in [1.807, 2.05) is 18.2 Å². The lowest BCUT2D eigenvalue weighted by Gasteiger charge is -2.32. The number of methoxy groups -OCH3 is 2. The van der Waals surface area contributed by atoms with Gasteiger partial charge in [-0.1, -0.05) is 11.3 Å². The van der Waals surface area contributed by atoms with Crippen molar-refractivity contribution in [3.8, 4) is 0 Å². The highest BCUT2D eigenvalue weighted by atomic mass is 32.1. The summed E-state index contributed by atoms with van der Waals surface area (Å²) < 4.78 is 16.3. The van der Waals surface area contributed by atoms with Gasteiger partial charge in [-0.3, -0.25) is 0 Å². The quantitative estimate of drug-likeness (QED) is 0.667. The number of piperazine rings is 1. The van der Waals surface area contributed by atoms with E-state index in [4.69, 9.17) is 19.2 Å². The van der Waals surface area contributed by atoms with Crippen LogP contribution in [0.3, 0.4) is 0 Å². The van der Waals surface area contributed by atoms with Crippen LogP contribution in [0.1, 0.15) is 0 Å². The van der Waals surface area contributed by atoms with Gasteiger partial charge in [0.25, 0.3) is 0 Å². The monoisotopic (exact) mass is 432 g/mol. The number of rotatable bonds is 4. The van der Waals surface area contributed by atoms with Crippen molar-refractivity contribution in [1.82, 2.24) is 9.88 Å². The van der Waals surface area contributed by atoms with Crippen LogP contribution >= 0.6 is 11.3 Å². The molecule has 4 rings (SSSR count). The Morgan fingerprint density at radius 3 is 2.53 bits per heavy atom. The Kier molecular flexibility index (Phi) is 5.89. The third kappa shape index (κ3) is 3.85. The van der Waals surface area contributed by atoms with Gasteiger partial charge >= 0.3 is 11.9 Å². The molecule has 3 heterocycles. The molecular formula is C20H24N4O5S. The molecule has 0 atom stereocenters. The second-order valence-corrected chi connectivity index (χ2v) is 8.16. The highest BCUT2D eigenvalue weighted by molar-refractivity contribution is 7.22. The molecule has 0 spiro atoms. The van der Waals surface area contributed by atoms with Gasteiger partial charge in [0.2, 0.25) is 0 Å². The molecule has 0 unspecified atom stereocenters. The molecular weight excluding hydrogens is 408 g/mol. The van der Waals surface area contributed by atoms with Crippen LogP contribution in [0, 0.1) is 0 Å². The number of anilines is 2. The van der Waals surface area contributed by atoms with Crippen molar-refractivity contribution in [2.75, 3.05) is 70.6 Å². The Morgan fingerprint density at radius 2 is 1.83 bits per heavy atom. The SMILES string of the molecule is COC(=O)C1=C(C(=O)OC)N(c2ccc3nc(N4CCN(C)CC4)sc3c2)COC1. The zero-order valence-corrected chi connectivity index (χ0v) is 18.0. The third-order valence-corrected chi connectivity index (χ3v) is 6.36. The van der Waals surface area contributed by atoms with E-state index in [0.29, 0.717) is 0 Å². The van der Waals surface area contributed by atoms with Gasteiger partial charge in [-0.2, -0.15) is 0 Å². The number of hydrogen-bond donors (Lipinski definition) is 0. The van der Waals surface area contributed by atoms with Crippen molar-refractivity contribution in [3.63, 3.8) is 0 Å². The molecule has 9 nitrogen and oxygen atoms in total. The Labute approximate surface area is 178 Å². The zero-order valence-electron chi connectivity index (χ0n) is 17.2. The minimum absolute atomic E-state index is 0.00996. The molecule has 0 N–H and O–H groups in total. The van der Waals surface area contributed by atoms with Crippen LogP contribution in [0.2, 0.25) is 0 Å². The molecule has 0 saturated carbocycles. The van der Waals surface area contributed by atoms with Crippen molar-refractivity contribution >= 4 is 44.3 Å². The van der Waals surface area contributed by atoms with Crippen LogP contribution in [-0.2, 0) is 23.8 Å². The summed E-state index contributed by atoms with van der Waals surface area (Å²) >= 11 is 1.62. The van der Waals surface area contributed by atoms with Crippen LogP contribution in [0.4, 0.5) is 10.8 Å². The van der Waals surface area contributed by atoms with Crippen LogP contribution in [-0.4, -0.2) is 82.6 Å². The predicted molar refractivity (Wildman–Crippen MR) is 114 cm³/mol. The normalized spacial score (nSPS) is 18.1. The average Bonchev–Trinajstić information content (AvgIpc) is 3.21. The fourth-order valence-electron chi connectivity index (χ4n) is 3.55. The summed E-state index contributed by atoms with van der Waals surface area (Å²) in [5.74, 6) is -1.22. The fourth-order valence-corrected chi connectivity index (χ4v) is 4.60. The van der Waals surface area contributed by atoms with Gasteiger partial charge < -0.3 is 28.9 Å². The summed E-state index contributed by atoms with van der Waals surface area (Å²) in [5.41, 5.74) is 1.89. The lowest BCUT2D eigenvalue weighted by atomic mass is 10.1. The van der Waals surface area contributed by atoms with E-state index in [2.05, 4.69) is 16.8 Å². The van der Waals surface area contributed by atoms with Gasteiger partial charge in [-0.05, 0) is 25.2 Å². The number of carbonyl (C=O) groups excluding carboxylic acids is 2. The van der Waals surface area contributed by atoms with Crippen molar-refractivity contribution in [2.45, 2.75) is 0 Å². The largest absolute Gasteiger partial charge is 0.466 e. The van der Waals surface area contributed by atoms with E-state index in [-0.39, 0.29) is 24.6 Å². The molecule has 2 aromatic rings. The van der Waals surface area contributed by atoms with Gasteiger partial charge in [-0.25, -0.2) is 14.6 Å². The number of benzene rings is 1. The summed E-state index contributed by atoms with van der Waals surface area (Å²) in [5, 5.41) is 0.990. The van der Waals surface area contributed by atoms with E-state index in [1.165, 1.54) is 14.2 Å². The zero-order chi connectivity index (χ0) is 21.3. The molecule has 1 saturated heterocycles. The first kappa shape index (κ1) is 20.6.